The van der Waals surface area contributed by atoms with Crippen LogP contribution in [-0.2, 0) is 6.54 Å². The second-order valence-corrected chi connectivity index (χ2v) is 6.34. The van der Waals surface area contributed by atoms with Gasteiger partial charge in [-0.15, -0.1) is 11.3 Å². The van der Waals surface area contributed by atoms with Crippen molar-refractivity contribution in [1.29, 1.82) is 0 Å². The molecule has 0 aliphatic heterocycles. The van der Waals surface area contributed by atoms with E-state index < -0.39 is 0 Å². The number of rotatable bonds is 5. The average molecular weight is 312 g/mol. The minimum atomic E-state index is 0.305. The molecule has 0 aliphatic carbocycles. The maximum Gasteiger partial charge on any atom is 0.110 e. The summed E-state index contributed by atoms with van der Waals surface area (Å²) < 4.78 is 2.09. The zero-order valence-electron chi connectivity index (χ0n) is 13.1. The number of benzene rings is 1. The van der Waals surface area contributed by atoms with Crippen molar-refractivity contribution >= 4 is 11.3 Å². The van der Waals surface area contributed by atoms with Crippen molar-refractivity contribution in [2.24, 2.45) is 0 Å². The third kappa shape index (κ3) is 3.10. The molecule has 1 atom stereocenters. The molecule has 0 aliphatic rings. The maximum absolute atomic E-state index is 4.29. The van der Waals surface area contributed by atoms with E-state index in [0.717, 1.165) is 23.8 Å². The largest absolute Gasteiger partial charge is 0.305 e. The summed E-state index contributed by atoms with van der Waals surface area (Å²) in [6.07, 6.45) is 3.81. The molecule has 2 heterocycles. The molecule has 5 heteroatoms. The summed E-state index contributed by atoms with van der Waals surface area (Å²) in [4.78, 5) is 9.85. The van der Waals surface area contributed by atoms with Gasteiger partial charge >= 0.3 is 0 Å². The minimum absolute atomic E-state index is 0.305. The summed E-state index contributed by atoms with van der Waals surface area (Å²) in [6, 6.07) is 8.93. The Bertz CT molecular complexity index is 742. The van der Waals surface area contributed by atoms with E-state index in [2.05, 4.69) is 58.0 Å². The van der Waals surface area contributed by atoms with Crippen molar-refractivity contribution in [2.45, 2.75) is 33.4 Å². The van der Waals surface area contributed by atoms with Gasteiger partial charge in [-0.05, 0) is 38.5 Å². The zero-order chi connectivity index (χ0) is 15.5. The van der Waals surface area contributed by atoms with Crippen LogP contribution in [0.1, 0.15) is 34.9 Å². The number of thiazole rings is 1. The highest BCUT2D eigenvalue weighted by atomic mass is 32.1. The van der Waals surface area contributed by atoms with E-state index in [1.54, 1.807) is 11.3 Å². The predicted molar refractivity (Wildman–Crippen MR) is 90.4 cm³/mol. The molecule has 0 fully saturated rings. The SMILES string of the molecule is Cc1ncsc1CN[C@H](C)c1ccc(-n2ccnc2C)cc1. The lowest BCUT2D eigenvalue weighted by Crippen LogP contribution is -2.18. The molecule has 2 aromatic heterocycles. The minimum Gasteiger partial charge on any atom is -0.305 e. The maximum atomic E-state index is 4.29. The molecule has 0 saturated heterocycles. The molecule has 1 aromatic carbocycles. The second-order valence-electron chi connectivity index (χ2n) is 5.40. The predicted octanol–water partition coefficient (Wildman–Crippen LogP) is 3.80. The molecule has 114 valence electrons. The molecular weight excluding hydrogens is 292 g/mol. The van der Waals surface area contributed by atoms with Crippen molar-refractivity contribution in [1.82, 2.24) is 19.9 Å². The molecule has 0 radical (unpaired) electrons. The number of hydrogen-bond acceptors (Lipinski definition) is 4. The van der Waals surface area contributed by atoms with Crippen LogP contribution in [0.25, 0.3) is 5.69 Å². The summed E-state index contributed by atoms with van der Waals surface area (Å²) >= 11 is 1.71. The first-order chi connectivity index (χ1) is 10.6. The van der Waals surface area contributed by atoms with Gasteiger partial charge in [0.2, 0.25) is 0 Å². The molecule has 0 spiro atoms. The molecule has 22 heavy (non-hydrogen) atoms. The number of aryl methyl sites for hydroxylation is 2. The Hall–Kier alpha value is -1.98. The van der Waals surface area contributed by atoms with Crippen molar-refractivity contribution in [2.75, 3.05) is 0 Å². The fraction of sp³-hybridized carbons (Fsp3) is 0.294. The van der Waals surface area contributed by atoms with Crippen molar-refractivity contribution < 1.29 is 0 Å². The second kappa shape index (κ2) is 6.42. The quantitative estimate of drug-likeness (QED) is 0.779. The van der Waals surface area contributed by atoms with Gasteiger partial charge < -0.3 is 9.88 Å². The molecule has 4 nitrogen and oxygen atoms in total. The summed E-state index contributed by atoms with van der Waals surface area (Å²) in [6.45, 7) is 7.11. The normalized spacial score (nSPS) is 12.5. The fourth-order valence-corrected chi connectivity index (χ4v) is 3.16. The lowest BCUT2D eigenvalue weighted by molar-refractivity contribution is 0.577. The Morgan fingerprint density at radius 1 is 1.18 bits per heavy atom. The first kappa shape index (κ1) is 14.9. The number of nitrogens with one attached hydrogen (secondary N) is 1. The van der Waals surface area contributed by atoms with Gasteiger partial charge in [0.25, 0.3) is 0 Å². The van der Waals surface area contributed by atoms with Crippen LogP contribution in [-0.4, -0.2) is 14.5 Å². The molecule has 0 bridgehead atoms. The smallest absolute Gasteiger partial charge is 0.110 e. The van der Waals surface area contributed by atoms with Gasteiger partial charge in [0.15, 0.2) is 0 Å². The van der Waals surface area contributed by atoms with E-state index in [9.17, 15) is 0 Å². The van der Waals surface area contributed by atoms with Crippen molar-refractivity contribution in [3.63, 3.8) is 0 Å². The van der Waals surface area contributed by atoms with Crippen molar-refractivity contribution in [3.05, 3.63) is 64.1 Å². The van der Waals surface area contributed by atoms with E-state index in [0.29, 0.717) is 6.04 Å². The lowest BCUT2D eigenvalue weighted by atomic mass is 10.1. The molecular formula is C17H20N4S. The molecule has 3 aromatic rings. The highest BCUT2D eigenvalue weighted by Crippen LogP contribution is 2.18. The highest BCUT2D eigenvalue weighted by molar-refractivity contribution is 7.09. The van der Waals surface area contributed by atoms with Gasteiger partial charge in [0.05, 0.1) is 11.2 Å². The van der Waals surface area contributed by atoms with Gasteiger partial charge in [-0.1, -0.05) is 12.1 Å². The van der Waals surface area contributed by atoms with E-state index in [1.807, 2.05) is 24.8 Å². The van der Waals surface area contributed by atoms with Gasteiger partial charge in [-0.2, -0.15) is 0 Å². The Morgan fingerprint density at radius 2 is 1.95 bits per heavy atom. The fourth-order valence-electron chi connectivity index (χ4n) is 2.43. The number of aromatic nitrogens is 3. The summed E-state index contributed by atoms with van der Waals surface area (Å²) in [7, 11) is 0. The van der Waals surface area contributed by atoms with Gasteiger partial charge in [0, 0.05) is 35.5 Å². The Kier molecular flexibility index (Phi) is 4.36. The van der Waals surface area contributed by atoms with E-state index >= 15 is 0 Å². The Morgan fingerprint density at radius 3 is 2.55 bits per heavy atom. The zero-order valence-corrected chi connectivity index (χ0v) is 13.9. The first-order valence-electron chi connectivity index (χ1n) is 7.38. The van der Waals surface area contributed by atoms with Gasteiger partial charge in [-0.3, -0.25) is 0 Å². The number of imidazole rings is 1. The van der Waals surface area contributed by atoms with Crippen LogP contribution in [0.15, 0.2) is 42.2 Å². The van der Waals surface area contributed by atoms with E-state index in [4.69, 9.17) is 0 Å². The van der Waals surface area contributed by atoms with Crippen LogP contribution in [0, 0.1) is 13.8 Å². The molecule has 3 rings (SSSR count). The summed E-state index contributed by atoms with van der Waals surface area (Å²) in [5.74, 6) is 1.000. The first-order valence-corrected chi connectivity index (χ1v) is 8.26. The van der Waals surface area contributed by atoms with Crippen LogP contribution in [0.4, 0.5) is 0 Å². The molecule has 0 amide bonds. The summed E-state index contributed by atoms with van der Waals surface area (Å²) in [5.41, 5.74) is 5.45. The van der Waals surface area contributed by atoms with Crippen LogP contribution < -0.4 is 5.32 Å². The van der Waals surface area contributed by atoms with Crippen LogP contribution in [0.5, 0.6) is 0 Å². The van der Waals surface area contributed by atoms with Crippen LogP contribution in [0.2, 0.25) is 0 Å². The monoisotopic (exact) mass is 312 g/mol. The van der Waals surface area contributed by atoms with E-state index in [-0.39, 0.29) is 0 Å². The Balaban J connectivity index is 1.67. The summed E-state index contributed by atoms with van der Waals surface area (Å²) in [5, 5.41) is 3.56. The highest BCUT2D eigenvalue weighted by Gasteiger charge is 2.08. The molecule has 1 N–H and O–H groups in total. The van der Waals surface area contributed by atoms with Crippen molar-refractivity contribution in [3.8, 4) is 5.69 Å². The van der Waals surface area contributed by atoms with Gasteiger partial charge in [-0.25, -0.2) is 9.97 Å². The number of hydrogen-bond donors (Lipinski definition) is 1. The van der Waals surface area contributed by atoms with Crippen LogP contribution >= 0.6 is 11.3 Å². The Labute approximate surface area is 134 Å². The number of nitrogens with zero attached hydrogens (tertiary/aromatic N) is 3. The average Bonchev–Trinajstić information content (AvgIpc) is 3.13. The van der Waals surface area contributed by atoms with E-state index in [1.165, 1.54) is 10.4 Å². The lowest BCUT2D eigenvalue weighted by Gasteiger charge is -2.15. The standard InChI is InChI=1S/C17H20N4S/c1-12(19-10-17-13(2)20-11-22-17)15-4-6-16(7-5-15)21-9-8-18-14(21)3/h4-9,11-12,19H,10H2,1-3H3/t12-/m1/s1. The third-order valence-electron chi connectivity index (χ3n) is 3.91. The molecule has 0 unspecified atom stereocenters. The van der Waals surface area contributed by atoms with Gasteiger partial charge in [0.1, 0.15) is 5.82 Å². The third-order valence-corrected chi connectivity index (χ3v) is 4.85. The van der Waals surface area contributed by atoms with Crippen LogP contribution in [0.3, 0.4) is 0 Å². The molecule has 0 saturated carbocycles. The topological polar surface area (TPSA) is 42.7 Å².